The Morgan fingerprint density at radius 1 is 0.846 bits per heavy atom. The second kappa shape index (κ2) is 10.6. The quantitative estimate of drug-likeness (QED) is 0.435. The maximum atomic E-state index is 3.30. The Morgan fingerprint density at radius 3 is 1.65 bits per heavy atom. The van der Waals surface area contributed by atoms with E-state index in [-0.39, 0.29) is 51.0 Å². The van der Waals surface area contributed by atoms with Crippen molar-refractivity contribution in [3.63, 3.8) is 0 Å². The van der Waals surface area contributed by atoms with Gasteiger partial charge in [-0.1, -0.05) is 64.1 Å². The van der Waals surface area contributed by atoms with Gasteiger partial charge in [0.05, 0.1) is 0 Å². The van der Waals surface area contributed by atoms with E-state index in [0.29, 0.717) is 5.41 Å². The van der Waals surface area contributed by atoms with Gasteiger partial charge in [-0.3, -0.25) is 6.08 Å². The molecule has 1 aliphatic carbocycles. The van der Waals surface area contributed by atoms with Crippen LogP contribution in [0.1, 0.15) is 34.1 Å². The molecule has 0 heterocycles. The fraction of sp³-hybridized carbons (Fsp3) is 0.261. The molecule has 0 N–H and O–H groups in total. The Hall–Kier alpha value is -0.747. The van der Waals surface area contributed by atoms with Gasteiger partial charge < -0.3 is 24.8 Å². The molecule has 3 aromatic carbocycles. The molecule has 0 bridgehead atoms. The molecule has 26 heavy (non-hydrogen) atoms. The molecule has 0 saturated carbocycles. The van der Waals surface area contributed by atoms with Crippen LogP contribution in [-0.2, 0) is 26.2 Å². The van der Waals surface area contributed by atoms with Crippen molar-refractivity contribution in [1.29, 1.82) is 0 Å². The van der Waals surface area contributed by atoms with Crippen LogP contribution >= 0.6 is 0 Å². The van der Waals surface area contributed by atoms with Gasteiger partial charge >= 0.3 is 26.2 Å². The minimum atomic E-state index is 0. The van der Waals surface area contributed by atoms with Crippen LogP contribution in [0.2, 0.25) is 0 Å². The Morgan fingerprint density at radius 2 is 1.31 bits per heavy atom. The van der Waals surface area contributed by atoms with Gasteiger partial charge in [0.1, 0.15) is 0 Å². The van der Waals surface area contributed by atoms with Crippen molar-refractivity contribution in [1.82, 2.24) is 0 Å². The molecule has 3 heteroatoms. The molecular weight excluding hydrogens is 438 g/mol. The summed E-state index contributed by atoms with van der Waals surface area (Å²) in [6, 6.07) is 19.3. The molecule has 0 unspecified atom stereocenters. The van der Waals surface area contributed by atoms with Gasteiger partial charge in [-0.25, -0.2) is 11.6 Å². The number of allylic oxidation sites excluding steroid dienone is 4. The van der Waals surface area contributed by atoms with Gasteiger partial charge in [0.15, 0.2) is 0 Å². The van der Waals surface area contributed by atoms with Crippen LogP contribution in [0.5, 0.6) is 0 Å². The van der Waals surface area contributed by atoms with Crippen LogP contribution in [0.3, 0.4) is 0 Å². The van der Waals surface area contributed by atoms with Crippen LogP contribution in [0.15, 0.2) is 71.8 Å². The monoisotopic (exact) mass is 460 g/mol. The normalized spacial score (nSPS) is 12.8. The Balaban J connectivity index is 0.000000445. The molecule has 0 saturated heterocycles. The SMILES string of the molecule is CC1=[C-]CC(C(C)(C)C)=C1.[Cl-].[Cl-].[Zr+4].c1ccc2c(c1)[cH-]c1ccccc12. The first kappa shape index (κ1) is 25.3. The molecule has 0 nitrogen and oxygen atoms in total. The summed E-state index contributed by atoms with van der Waals surface area (Å²) in [5.74, 6) is 0. The molecule has 0 radical (unpaired) electrons. The summed E-state index contributed by atoms with van der Waals surface area (Å²) in [7, 11) is 0. The average molecular weight is 463 g/mol. The molecule has 0 aromatic heterocycles. The molecule has 1 aliphatic rings. The molecule has 134 valence electrons. The van der Waals surface area contributed by atoms with Crippen LogP contribution in [-0.4, -0.2) is 0 Å². The first-order valence-corrected chi connectivity index (χ1v) is 8.27. The van der Waals surface area contributed by atoms with Crippen molar-refractivity contribution in [2.75, 3.05) is 0 Å². The first-order chi connectivity index (χ1) is 10.9. The Labute approximate surface area is 189 Å². The zero-order chi connectivity index (χ0) is 16.4. The third-order valence-electron chi connectivity index (χ3n) is 4.43. The largest absolute Gasteiger partial charge is 4.00 e. The van der Waals surface area contributed by atoms with Gasteiger partial charge in [-0.2, -0.15) is 5.57 Å². The number of halogens is 2. The maximum Gasteiger partial charge on any atom is 4.00 e. The molecule has 0 aliphatic heterocycles. The predicted octanol–water partition coefficient (Wildman–Crippen LogP) is 0.829. The van der Waals surface area contributed by atoms with E-state index in [1.807, 2.05) is 0 Å². The molecule has 4 rings (SSSR count). The summed E-state index contributed by atoms with van der Waals surface area (Å²) < 4.78 is 0. The average Bonchev–Trinajstić information content (AvgIpc) is 3.11. The van der Waals surface area contributed by atoms with Gasteiger partial charge in [0.2, 0.25) is 0 Å². The van der Waals surface area contributed by atoms with Crippen molar-refractivity contribution in [3.8, 4) is 0 Å². The standard InChI is InChI=1S/C13H9.C10H15.2ClH.Zr/c1-3-7-12-10(5-1)9-11-6-2-4-8-13(11)12;1-8-5-6-9(7-8)10(2,3)4;;;/h1-9H;7H,6H2,1-4H3;2*1H;/q2*-1;;;+4/p-2. The summed E-state index contributed by atoms with van der Waals surface area (Å²) >= 11 is 0. The fourth-order valence-electron chi connectivity index (χ4n) is 2.98. The number of hydrogen-bond donors (Lipinski definition) is 0. The molecule has 0 spiro atoms. The third kappa shape index (κ3) is 5.88. The van der Waals surface area contributed by atoms with E-state index in [0.717, 1.165) is 6.42 Å². The summed E-state index contributed by atoms with van der Waals surface area (Å²) in [6.45, 7) is 8.86. The molecule has 0 fully saturated rings. The number of rotatable bonds is 0. The van der Waals surface area contributed by atoms with E-state index in [2.05, 4.69) is 94.4 Å². The zero-order valence-electron chi connectivity index (χ0n) is 15.7. The minimum absolute atomic E-state index is 0. The predicted molar refractivity (Wildman–Crippen MR) is 102 cm³/mol. The number of benzene rings is 2. The Kier molecular flexibility index (Phi) is 10.2. The van der Waals surface area contributed by atoms with Gasteiger partial charge in [-0.05, 0) is 5.41 Å². The smallest absolute Gasteiger partial charge is 1.00 e. The molecule has 3 aromatic rings. The summed E-state index contributed by atoms with van der Waals surface area (Å²) in [6.07, 6.45) is 6.59. The van der Waals surface area contributed by atoms with E-state index in [1.165, 1.54) is 32.7 Å². The van der Waals surface area contributed by atoms with Crippen LogP contribution in [0, 0.1) is 11.5 Å². The minimum Gasteiger partial charge on any atom is -1.00 e. The van der Waals surface area contributed by atoms with E-state index < -0.39 is 0 Å². The topological polar surface area (TPSA) is 0 Å². The third-order valence-corrected chi connectivity index (χ3v) is 4.43. The van der Waals surface area contributed by atoms with E-state index >= 15 is 0 Å². The van der Waals surface area contributed by atoms with Crippen LogP contribution in [0.4, 0.5) is 0 Å². The van der Waals surface area contributed by atoms with Crippen LogP contribution in [0.25, 0.3) is 21.5 Å². The molecule has 0 amide bonds. The number of fused-ring (bicyclic) bond motifs is 3. The summed E-state index contributed by atoms with van der Waals surface area (Å²) in [5.41, 5.74) is 3.14. The van der Waals surface area contributed by atoms with Crippen LogP contribution < -0.4 is 24.8 Å². The van der Waals surface area contributed by atoms with E-state index in [9.17, 15) is 0 Å². The number of hydrogen-bond acceptors (Lipinski definition) is 0. The van der Waals surface area contributed by atoms with Crippen molar-refractivity contribution in [2.45, 2.75) is 34.1 Å². The second-order valence-electron chi connectivity index (χ2n) is 7.27. The Bertz CT molecular complexity index is 845. The van der Waals surface area contributed by atoms with Crippen molar-refractivity contribution in [3.05, 3.63) is 77.9 Å². The van der Waals surface area contributed by atoms with Gasteiger partial charge in [-0.15, -0.1) is 46.2 Å². The van der Waals surface area contributed by atoms with Crippen molar-refractivity contribution >= 4 is 21.5 Å². The van der Waals surface area contributed by atoms with Crippen molar-refractivity contribution < 1.29 is 51.0 Å². The van der Waals surface area contributed by atoms with E-state index in [4.69, 9.17) is 0 Å². The zero-order valence-corrected chi connectivity index (χ0v) is 19.7. The van der Waals surface area contributed by atoms with Crippen molar-refractivity contribution in [2.24, 2.45) is 5.41 Å². The van der Waals surface area contributed by atoms with Gasteiger partial charge in [0, 0.05) is 0 Å². The summed E-state index contributed by atoms with van der Waals surface area (Å²) in [4.78, 5) is 0. The van der Waals surface area contributed by atoms with E-state index in [1.54, 1.807) is 0 Å². The van der Waals surface area contributed by atoms with Gasteiger partial charge in [0.25, 0.3) is 0 Å². The fourth-order valence-corrected chi connectivity index (χ4v) is 2.98. The summed E-state index contributed by atoms with van der Waals surface area (Å²) in [5, 5.41) is 5.39. The molecular formula is C23H24Cl2Zr. The maximum absolute atomic E-state index is 3.30. The second-order valence-corrected chi connectivity index (χ2v) is 7.27. The first-order valence-electron chi connectivity index (χ1n) is 8.27. The molecule has 0 atom stereocenters.